The van der Waals surface area contributed by atoms with Crippen molar-refractivity contribution >= 4 is 23.3 Å². The Labute approximate surface area is 166 Å². The van der Waals surface area contributed by atoms with E-state index in [1.807, 2.05) is 30.3 Å². The van der Waals surface area contributed by atoms with Crippen LogP contribution in [0.25, 0.3) is 5.69 Å². The average Bonchev–Trinajstić information content (AvgIpc) is 3.11. The molecule has 2 N–H and O–H groups in total. The Balaban J connectivity index is 1.49. The molecule has 2 aromatic carbocycles. The molecular weight excluding hydrogens is 378 g/mol. The molecule has 1 atom stereocenters. The molecule has 0 spiro atoms. The van der Waals surface area contributed by atoms with Crippen LogP contribution in [-0.2, 0) is 0 Å². The first-order chi connectivity index (χ1) is 13.6. The molecule has 0 aliphatic carbocycles. The third-order valence-electron chi connectivity index (χ3n) is 4.83. The van der Waals surface area contributed by atoms with Gasteiger partial charge < -0.3 is 10.2 Å². The molecule has 1 unspecified atom stereocenters. The van der Waals surface area contributed by atoms with Gasteiger partial charge in [0.2, 0.25) is 0 Å². The van der Waals surface area contributed by atoms with Gasteiger partial charge in [-0.15, -0.1) is 5.10 Å². The van der Waals surface area contributed by atoms with Crippen LogP contribution in [0.15, 0.2) is 59.4 Å². The lowest BCUT2D eigenvalue weighted by atomic mass is 9.98. The number of anilines is 1. The minimum atomic E-state index is -0.303. The molecule has 7 nitrogen and oxygen atoms in total. The SMILES string of the molecule is O=C(Nc1ccccc1)N1CCCC(c2nn(-c3ccc(Cl)cc3)c(=O)[nH]2)C1. The fourth-order valence-corrected chi connectivity index (χ4v) is 3.52. The zero-order chi connectivity index (χ0) is 19.5. The predicted octanol–water partition coefficient (Wildman–Crippen LogP) is 3.63. The smallest absolute Gasteiger partial charge is 0.324 e. The number of H-pyrrole nitrogens is 1. The highest BCUT2D eigenvalue weighted by atomic mass is 35.5. The molecule has 1 saturated heterocycles. The largest absolute Gasteiger partial charge is 0.348 e. The summed E-state index contributed by atoms with van der Waals surface area (Å²) in [6.07, 6.45) is 1.71. The Hall–Kier alpha value is -3.06. The van der Waals surface area contributed by atoms with E-state index in [4.69, 9.17) is 11.6 Å². The number of para-hydroxylation sites is 1. The summed E-state index contributed by atoms with van der Waals surface area (Å²) in [5, 5.41) is 7.96. The van der Waals surface area contributed by atoms with Crippen LogP contribution in [0.2, 0.25) is 5.02 Å². The number of piperidine rings is 1. The van der Waals surface area contributed by atoms with Gasteiger partial charge in [0.15, 0.2) is 0 Å². The van der Waals surface area contributed by atoms with Gasteiger partial charge in [-0.3, -0.25) is 4.98 Å². The van der Waals surface area contributed by atoms with Crippen molar-refractivity contribution in [1.29, 1.82) is 0 Å². The van der Waals surface area contributed by atoms with Gasteiger partial charge in [-0.05, 0) is 49.2 Å². The molecule has 2 heterocycles. The maximum atomic E-state index is 12.6. The second-order valence-corrected chi connectivity index (χ2v) is 7.22. The van der Waals surface area contributed by atoms with E-state index < -0.39 is 0 Å². The van der Waals surface area contributed by atoms with Gasteiger partial charge in [0.25, 0.3) is 0 Å². The van der Waals surface area contributed by atoms with E-state index in [9.17, 15) is 9.59 Å². The van der Waals surface area contributed by atoms with E-state index in [1.54, 1.807) is 29.2 Å². The molecule has 4 rings (SSSR count). The molecule has 0 radical (unpaired) electrons. The first kappa shape index (κ1) is 18.3. The van der Waals surface area contributed by atoms with Crippen molar-refractivity contribution in [2.45, 2.75) is 18.8 Å². The number of carbonyl (C=O) groups excluding carboxylic acids is 1. The lowest BCUT2D eigenvalue weighted by Crippen LogP contribution is -2.41. The molecule has 3 aromatic rings. The van der Waals surface area contributed by atoms with E-state index in [0.717, 1.165) is 18.5 Å². The van der Waals surface area contributed by atoms with Gasteiger partial charge in [0.05, 0.1) is 5.69 Å². The summed E-state index contributed by atoms with van der Waals surface area (Å²) in [7, 11) is 0. The van der Waals surface area contributed by atoms with Gasteiger partial charge in [0, 0.05) is 29.7 Å². The first-order valence-corrected chi connectivity index (χ1v) is 9.54. The molecule has 144 valence electrons. The molecule has 2 amide bonds. The fourth-order valence-electron chi connectivity index (χ4n) is 3.39. The number of urea groups is 1. The predicted molar refractivity (Wildman–Crippen MR) is 108 cm³/mol. The van der Waals surface area contributed by atoms with E-state index in [-0.39, 0.29) is 17.6 Å². The molecule has 1 aromatic heterocycles. The number of amides is 2. The number of hydrogen-bond acceptors (Lipinski definition) is 3. The Morgan fingerprint density at radius 1 is 1.14 bits per heavy atom. The van der Waals surface area contributed by atoms with Gasteiger partial charge in [-0.1, -0.05) is 29.8 Å². The highest BCUT2D eigenvalue weighted by molar-refractivity contribution is 6.30. The summed E-state index contributed by atoms with van der Waals surface area (Å²) >= 11 is 5.91. The van der Waals surface area contributed by atoms with E-state index in [1.165, 1.54) is 4.68 Å². The Morgan fingerprint density at radius 3 is 2.64 bits per heavy atom. The van der Waals surface area contributed by atoms with Crippen molar-refractivity contribution in [3.63, 3.8) is 0 Å². The van der Waals surface area contributed by atoms with E-state index in [2.05, 4.69) is 15.4 Å². The summed E-state index contributed by atoms with van der Waals surface area (Å²) in [5.74, 6) is 0.577. The van der Waals surface area contributed by atoms with Gasteiger partial charge in [-0.25, -0.2) is 9.59 Å². The molecule has 1 aliphatic rings. The summed E-state index contributed by atoms with van der Waals surface area (Å²) in [6, 6.07) is 16.1. The average molecular weight is 398 g/mol. The monoisotopic (exact) mass is 397 g/mol. The van der Waals surface area contributed by atoms with Crippen molar-refractivity contribution < 1.29 is 4.79 Å². The standard InChI is InChI=1S/C20H20ClN5O2/c21-15-8-10-17(11-9-15)26-20(28)23-18(24-26)14-5-4-12-25(13-14)19(27)22-16-6-2-1-3-7-16/h1-3,6-11,14H,4-5,12-13H2,(H,22,27)(H,23,24,28). The second kappa shape index (κ2) is 7.90. The minimum absolute atomic E-state index is 0.0171. The highest BCUT2D eigenvalue weighted by Crippen LogP contribution is 2.25. The van der Waals surface area contributed by atoms with Crippen LogP contribution in [0.4, 0.5) is 10.5 Å². The third kappa shape index (κ3) is 3.94. The Morgan fingerprint density at radius 2 is 1.89 bits per heavy atom. The number of aromatic amines is 1. The second-order valence-electron chi connectivity index (χ2n) is 6.78. The number of nitrogens with zero attached hydrogens (tertiary/aromatic N) is 3. The van der Waals surface area contributed by atoms with Gasteiger partial charge in [0.1, 0.15) is 5.82 Å². The summed E-state index contributed by atoms with van der Waals surface area (Å²) in [5.41, 5.74) is 1.10. The van der Waals surface area contributed by atoms with Crippen LogP contribution < -0.4 is 11.0 Å². The minimum Gasteiger partial charge on any atom is -0.324 e. The topological polar surface area (TPSA) is 83.0 Å². The number of carbonyl (C=O) groups is 1. The van der Waals surface area contributed by atoms with Gasteiger partial charge in [-0.2, -0.15) is 4.68 Å². The zero-order valence-corrected chi connectivity index (χ0v) is 15.9. The molecule has 0 saturated carbocycles. The van der Waals surface area contributed by atoms with Gasteiger partial charge >= 0.3 is 11.7 Å². The third-order valence-corrected chi connectivity index (χ3v) is 5.08. The molecule has 1 fully saturated rings. The van der Waals surface area contributed by atoms with Crippen LogP contribution in [0.3, 0.4) is 0 Å². The van der Waals surface area contributed by atoms with E-state index in [0.29, 0.717) is 29.6 Å². The van der Waals surface area contributed by atoms with Crippen molar-refractivity contribution in [3.8, 4) is 5.69 Å². The van der Waals surface area contributed by atoms with Crippen LogP contribution >= 0.6 is 11.6 Å². The van der Waals surface area contributed by atoms with Crippen molar-refractivity contribution in [3.05, 3.63) is 75.9 Å². The number of rotatable bonds is 3. The maximum absolute atomic E-state index is 12.6. The lowest BCUT2D eigenvalue weighted by Gasteiger charge is -2.31. The number of likely N-dealkylation sites (tertiary alicyclic amines) is 1. The quantitative estimate of drug-likeness (QED) is 0.708. The van der Waals surface area contributed by atoms with Crippen molar-refractivity contribution in [1.82, 2.24) is 19.7 Å². The highest BCUT2D eigenvalue weighted by Gasteiger charge is 2.27. The van der Waals surface area contributed by atoms with Crippen molar-refractivity contribution in [2.24, 2.45) is 0 Å². The van der Waals surface area contributed by atoms with Crippen LogP contribution in [-0.4, -0.2) is 38.8 Å². The number of benzene rings is 2. The number of aromatic nitrogens is 3. The Bertz CT molecular complexity index is 1010. The lowest BCUT2D eigenvalue weighted by molar-refractivity contribution is 0.191. The maximum Gasteiger partial charge on any atom is 0.348 e. The summed E-state index contributed by atoms with van der Waals surface area (Å²) in [6.45, 7) is 1.18. The number of halogens is 1. The molecule has 0 bridgehead atoms. The first-order valence-electron chi connectivity index (χ1n) is 9.16. The van der Waals surface area contributed by atoms with Crippen LogP contribution in [0.1, 0.15) is 24.6 Å². The normalized spacial score (nSPS) is 16.8. The van der Waals surface area contributed by atoms with Crippen molar-refractivity contribution in [2.75, 3.05) is 18.4 Å². The molecule has 28 heavy (non-hydrogen) atoms. The number of nitrogens with one attached hydrogen (secondary N) is 2. The summed E-state index contributed by atoms with van der Waals surface area (Å²) in [4.78, 5) is 29.5. The Kier molecular flexibility index (Phi) is 5.16. The molecular formula is C20H20ClN5O2. The number of hydrogen-bond donors (Lipinski definition) is 2. The molecule has 8 heteroatoms. The summed E-state index contributed by atoms with van der Waals surface area (Å²) < 4.78 is 1.33. The van der Waals surface area contributed by atoms with Crippen LogP contribution in [0.5, 0.6) is 0 Å². The van der Waals surface area contributed by atoms with Crippen LogP contribution in [0, 0.1) is 0 Å². The zero-order valence-electron chi connectivity index (χ0n) is 15.1. The van der Waals surface area contributed by atoms with E-state index >= 15 is 0 Å². The molecule has 1 aliphatic heterocycles. The fraction of sp³-hybridized carbons (Fsp3) is 0.250.